The van der Waals surface area contributed by atoms with Crippen molar-refractivity contribution in [3.63, 3.8) is 0 Å². The van der Waals surface area contributed by atoms with E-state index in [1.165, 1.54) is 6.92 Å². The van der Waals surface area contributed by atoms with Gasteiger partial charge < -0.3 is 4.74 Å². The zero-order valence-electron chi connectivity index (χ0n) is 5.63. The summed E-state index contributed by atoms with van der Waals surface area (Å²) in [6, 6.07) is 0. The molecule has 10 heavy (non-hydrogen) atoms. The summed E-state index contributed by atoms with van der Waals surface area (Å²) in [6.45, 7) is 1.71. The van der Waals surface area contributed by atoms with Crippen molar-refractivity contribution < 1.29 is 9.53 Å². The van der Waals surface area contributed by atoms with E-state index in [1.807, 2.05) is 0 Å². The van der Waals surface area contributed by atoms with Gasteiger partial charge in [0.1, 0.15) is 0 Å². The molecule has 0 spiro atoms. The molecular formula is C6H8N2O2. The molecule has 1 N–H and O–H groups in total. The molecule has 54 valence electrons. The molecule has 0 aromatic rings. The van der Waals surface area contributed by atoms with Gasteiger partial charge in [-0.2, -0.15) is 0 Å². The Morgan fingerprint density at radius 3 is 3.20 bits per heavy atom. The molecule has 0 aliphatic carbocycles. The molecule has 0 aromatic heterocycles. The second-order valence-electron chi connectivity index (χ2n) is 1.82. The normalized spacial score (nSPS) is 15.5. The monoisotopic (exact) mass is 140 g/mol. The fraction of sp³-hybridized carbons (Fsp3) is 0.333. The molecule has 0 aromatic carbocycles. The Balaban J connectivity index is 2.47. The van der Waals surface area contributed by atoms with E-state index in [9.17, 15) is 4.79 Å². The zero-order chi connectivity index (χ0) is 7.40. The van der Waals surface area contributed by atoms with E-state index < -0.39 is 0 Å². The second-order valence-corrected chi connectivity index (χ2v) is 1.82. The maximum absolute atomic E-state index is 10.4. The van der Waals surface area contributed by atoms with Gasteiger partial charge in [0.05, 0.1) is 0 Å². The Morgan fingerprint density at radius 2 is 2.70 bits per heavy atom. The highest BCUT2D eigenvalue weighted by molar-refractivity contribution is 5.78. The van der Waals surface area contributed by atoms with Gasteiger partial charge in [-0.05, 0) is 0 Å². The van der Waals surface area contributed by atoms with Crippen LogP contribution in [0.5, 0.6) is 0 Å². The lowest BCUT2D eigenvalue weighted by atomic mass is 10.5. The number of allylic oxidation sites excluding steroid dienone is 1. The van der Waals surface area contributed by atoms with Crippen LogP contribution in [0.2, 0.25) is 0 Å². The molecule has 4 heteroatoms. The summed E-state index contributed by atoms with van der Waals surface area (Å²) in [5.41, 5.74) is 0. The first kappa shape index (κ1) is 6.80. The highest BCUT2D eigenvalue weighted by Gasteiger charge is 2.00. The molecule has 1 aliphatic rings. The summed E-state index contributed by atoms with van der Waals surface area (Å²) >= 11 is 0. The average molecular weight is 140 g/mol. The SMILES string of the molecule is CC(=O)NC1=CC=NCO1. The van der Waals surface area contributed by atoms with Crippen LogP contribution in [0, 0.1) is 0 Å². The third kappa shape index (κ3) is 1.89. The van der Waals surface area contributed by atoms with Gasteiger partial charge in [0.2, 0.25) is 5.91 Å². The maximum atomic E-state index is 10.4. The molecule has 4 nitrogen and oxygen atoms in total. The van der Waals surface area contributed by atoms with Crippen LogP contribution < -0.4 is 5.32 Å². The van der Waals surface area contributed by atoms with E-state index in [-0.39, 0.29) is 12.6 Å². The van der Waals surface area contributed by atoms with Crippen LogP contribution in [0.1, 0.15) is 6.92 Å². The van der Waals surface area contributed by atoms with E-state index in [2.05, 4.69) is 10.3 Å². The first-order chi connectivity index (χ1) is 4.79. The third-order valence-electron chi connectivity index (χ3n) is 0.925. The van der Waals surface area contributed by atoms with E-state index in [1.54, 1.807) is 12.3 Å². The van der Waals surface area contributed by atoms with Gasteiger partial charge in [-0.3, -0.25) is 15.1 Å². The van der Waals surface area contributed by atoms with Crippen LogP contribution in [0.15, 0.2) is 17.0 Å². The molecule has 0 radical (unpaired) electrons. The lowest BCUT2D eigenvalue weighted by Gasteiger charge is -2.09. The van der Waals surface area contributed by atoms with Crippen LogP contribution >= 0.6 is 0 Å². The predicted molar refractivity (Wildman–Crippen MR) is 36.3 cm³/mol. The maximum Gasteiger partial charge on any atom is 0.223 e. The molecular weight excluding hydrogens is 132 g/mol. The minimum Gasteiger partial charge on any atom is -0.456 e. The van der Waals surface area contributed by atoms with Crippen molar-refractivity contribution in [2.24, 2.45) is 4.99 Å². The molecule has 0 saturated carbocycles. The Hall–Kier alpha value is -1.32. The Morgan fingerprint density at radius 1 is 1.90 bits per heavy atom. The van der Waals surface area contributed by atoms with Gasteiger partial charge in [0.15, 0.2) is 12.6 Å². The number of nitrogens with one attached hydrogen (secondary N) is 1. The van der Waals surface area contributed by atoms with Gasteiger partial charge in [-0.1, -0.05) is 0 Å². The molecule has 0 atom stereocenters. The van der Waals surface area contributed by atoms with E-state index >= 15 is 0 Å². The number of carbonyl (C=O) groups excluding carboxylic acids is 1. The summed E-state index contributed by atoms with van der Waals surface area (Å²) < 4.78 is 4.92. The highest BCUT2D eigenvalue weighted by Crippen LogP contribution is 1.95. The lowest BCUT2D eigenvalue weighted by Crippen LogP contribution is -2.22. The zero-order valence-corrected chi connectivity index (χ0v) is 5.63. The van der Waals surface area contributed by atoms with Gasteiger partial charge in [-0.15, -0.1) is 0 Å². The summed E-state index contributed by atoms with van der Waals surface area (Å²) in [4.78, 5) is 14.2. The van der Waals surface area contributed by atoms with E-state index in [4.69, 9.17) is 4.74 Å². The molecule has 0 saturated heterocycles. The summed E-state index contributed by atoms with van der Waals surface area (Å²) in [7, 11) is 0. The lowest BCUT2D eigenvalue weighted by molar-refractivity contribution is -0.119. The minimum absolute atomic E-state index is 0.137. The number of hydrogen-bond acceptors (Lipinski definition) is 3. The van der Waals surface area contributed by atoms with Crippen LogP contribution in [-0.4, -0.2) is 18.9 Å². The van der Waals surface area contributed by atoms with Crippen LogP contribution in [0.25, 0.3) is 0 Å². The first-order valence-electron chi connectivity index (χ1n) is 2.89. The van der Waals surface area contributed by atoms with Crippen molar-refractivity contribution in [3.05, 3.63) is 12.0 Å². The van der Waals surface area contributed by atoms with Crippen LogP contribution in [-0.2, 0) is 9.53 Å². The highest BCUT2D eigenvalue weighted by atomic mass is 16.5. The number of carbonyl (C=O) groups is 1. The Labute approximate surface area is 58.6 Å². The van der Waals surface area contributed by atoms with E-state index in [0.29, 0.717) is 5.88 Å². The molecule has 0 bridgehead atoms. The summed E-state index contributed by atoms with van der Waals surface area (Å²) in [5.74, 6) is 0.323. The smallest absolute Gasteiger partial charge is 0.223 e. The number of amides is 1. The number of hydrogen-bond donors (Lipinski definition) is 1. The van der Waals surface area contributed by atoms with Crippen molar-refractivity contribution in [1.82, 2.24) is 5.32 Å². The molecule has 0 unspecified atom stereocenters. The Bertz CT molecular complexity index is 196. The topological polar surface area (TPSA) is 50.7 Å². The van der Waals surface area contributed by atoms with Crippen molar-refractivity contribution in [2.75, 3.05) is 6.73 Å². The quantitative estimate of drug-likeness (QED) is 0.558. The van der Waals surface area contributed by atoms with Crippen molar-refractivity contribution in [2.45, 2.75) is 6.92 Å². The van der Waals surface area contributed by atoms with Crippen LogP contribution in [0.3, 0.4) is 0 Å². The van der Waals surface area contributed by atoms with Gasteiger partial charge in [0.25, 0.3) is 0 Å². The second kappa shape index (κ2) is 3.00. The molecule has 1 amide bonds. The average Bonchev–Trinajstić information content (AvgIpc) is 1.88. The predicted octanol–water partition coefficient (Wildman–Crippen LogP) is 0.0224. The van der Waals surface area contributed by atoms with Crippen molar-refractivity contribution in [1.29, 1.82) is 0 Å². The number of rotatable bonds is 1. The molecule has 1 aliphatic heterocycles. The molecule has 0 fully saturated rings. The van der Waals surface area contributed by atoms with Gasteiger partial charge >= 0.3 is 0 Å². The Kier molecular flexibility index (Phi) is 2.04. The summed E-state index contributed by atoms with van der Waals surface area (Å²) in [6.07, 6.45) is 3.19. The fourth-order valence-corrected chi connectivity index (χ4v) is 0.570. The third-order valence-corrected chi connectivity index (χ3v) is 0.925. The first-order valence-corrected chi connectivity index (χ1v) is 2.89. The minimum atomic E-state index is -0.137. The van der Waals surface area contributed by atoms with Crippen molar-refractivity contribution in [3.8, 4) is 0 Å². The fourth-order valence-electron chi connectivity index (χ4n) is 0.570. The van der Waals surface area contributed by atoms with Gasteiger partial charge in [0, 0.05) is 19.2 Å². The number of ether oxygens (including phenoxy) is 1. The van der Waals surface area contributed by atoms with Gasteiger partial charge in [-0.25, -0.2) is 0 Å². The number of aliphatic imine (C=N–C) groups is 1. The molecule has 1 heterocycles. The summed E-state index contributed by atoms with van der Waals surface area (Å²) in [5, 5.41) is 2.49. The standard InChI is InChI=1S/C6H8N2O2/c1-5(9)8-6-2-3-7-4-10-6/h2-3H,4H2,1H3,(H,8,9). The number of nitrogens with zero attached hydrogens (tertiary/aromatic N) is 1. The van der Waals surface area contributed by atoms with Crippen LogP contribution in [0.4, 0.5) is 0 Å². The van der Waals surface area contributed by atoms with E-state index in [0.717, 1.165) is 0 Å². The van der Waals surface area contributed by atoms with Crippen molar-refractivity contribution >= 4 is 12.1 Å². The largest absolute Gasteiger partial charge is 0.456 e. The molecule has 1 rings (SSSR count).